The summed E-state index contributed by atoms with van der Waals surface area (Å²) in [5.74, 6) is 0. The molecule has 2 N–H and O–H groups in total. The van der Waals surface area contributed by atoms with E-state index in [0.29, 0.717) is 11.6 Å². The lowest BCUT2D eigenvalue weighted by Crippen LogP contribution is -2.13. The van der Waals surface area contributed by atoms with Crippen LogP contribution in [0.3, 0.4) is 0 Å². The molecule has 1 aliphatic heterocycles. The van der Waals surface area contributed by atoms with Gasteiger partial charge >= 0.3 is 0 Å². The Kier molecular flexibility index (Phi) is 6.18. The van der Waals surface area contributed by atoms with Crippen molar-refractivity contribution >= 4 is 54.4 Å². The van der Waals surface area contributed by atoms with Crippen molar-refractivity contribution in [3.05, 3.63) is 90.0 Å². The van der Waals surface area contributed by atoms with E-state index >= 15 is 0 Å². The summed E-state index contributed by atoms with van der Waals surface area (Å²) in [6.07, 6.45) is 1.46. The first-order valence-corrected chi connectivity index (χ1v) is 12.2. The van der Waals surface area contributed by atoms with Crippen molar-refractivity contribution in [2.75, 3.05) is 17.2 Å². The molecule has 1 atom stereocenters. The SMILES string of the molecule is O=C1SC(Nc2ccccc2CCNc2nc3ccccc3s2)=N[C@H]1Cc1ccccc1. The number of carbonyl (C=O) groups is 1. The van der Waals surface area contributed by atoms with E-state index in [9.17, 15) is 4.79 Å². The summed E-state index contributed by atoms with van der Waals surface area (Å²) >= 11 is 2.86. The van der Waals surface area contributed by atoms with E-state index in [2.05, 4.69) is 32.7 Å². The number of carbonyl (C=O) groups excluding carboxylic acids is 1. The zero-order valence-corrected chi connectivity index (χ0v) is 19.0. The van der Waals surface area contributed by atoms with Crippen LogP contribution in [0.15, 0.2) is 83.9 Å². The Labute approximate surface area is 195 Å². The number of thiazole rings is 1. The van der Waals surface area contributed by atoms with E-state index in [-0.39, 0.29) is 11.2 Å². The summed E-state index contributed by atoms with van der Waals surface area (Å²) in [7, 11) is 0. The lowest BCUT2D eigenvalue weighted by atomic mass is 10.1. The average Bonchev–Trinajstić information content (AvgIpc) is 3.38. The van der Waals surface area contributed by atoms with Gasteiger partial charge in [0.25, 0.3) is 0 Å². The molecule has 1 aromatic heterocycles. The molecule has 3 aromatic carbocycles. The van der Waals surface area contributed by atoms with Crippen LogP contribution in [0, 0.1) is 0 Å². The molecule has 0 radical (unpaired) electrons. The number of fused-ring (bicyclic) bond motifs is 1. The highest BCUT2D eigenvalue weighted by molar-refractivity contribution is 8.27. The first-order valence-electron chi connectivity index (χ1n) is 10.5. The molecule has 5 rings (SSSR count). The van der Waals surface area contributed by atoms with Gasteiger partial charge in [-0.1, -0.05) is 72.0 Å². The number of amidine groups is 1. The average molecular weight is 459 g/mol. The van der Waals surface area contributed by atoms with Gasteiger partial charge in [0, 0.05) is 18.7 Å². The van der Waals surface area contributed by atoms with Crippen molar-refractivity contribution in [2.45, 2.75) is 18.9 Å². The summed E-state index contributed by atoms with van der Waals surface area (Å²) in [5, 5.41) is 8.50. The van der Waals surface area contributed by atoms with Gasteiger partial charge in [-0.15, -0.1) is 0 Å². The van der Waals surface area contributed by atoms with Crippen LogP contribution >= 0.6 is 23.1 Å². The van der Waals surface area contributed by atoms with Crippen LogP contribution in [0.25, 0.3) is 10.2 Å². The Morgan fingerprint density at radius 1 is 0.906 bits per heavy atom. The maximum absolute atomic E-state index is 12.5. The molecule has 5 nitrogen and oxygen atoms in total. The third-order valence-corrected chi connectivity index (χ3v) is 7.11. The van der Waals surface area contributed by atoms with Crippen LogP contribution < -0.4 is 10.6 Å². The third kappa shape index (κ3) is 4.84. The largest absolute Gasteiger partial charge is 0.361 e. The lowest BCUT2D eigenvalue weighted by Gasteiger charge is -2.11. The van der Waals surface area contributed by atoms with Crippen molar-refractivity contribution in [1.29, 1.82) is 0 Å². The molecule has 2 heterocycles. The number of thioether (sulfide) groups is 1. The van der Waals surface area contributed by atoms with Gasteiger partial charge in [-0.2, -0.15) is 0 Å². The van der Waals surface area contributed by atoms with Crippen LogP contribution in [-0.4, -0.2) is 27.9 Å². The highest BCUT2D eigenvalue weighted by atomic mass is 32.2. The predicted octanol–water partition coefficient (Wildman–Crippen LogP) is 5.60. The molecule has 0 saturated heterocycles. The molecular weight excluding hydrogens is 436 g/mol. The van der Waals surface area contributed by atoms with Gasteiger partial charge in [0.15, 0.2) is 10.3 Å². The van der Waals surface area contributed by atoms with Crippen molar-refractivity contribution in [3.63, 3.8) is 0 Å². The maximum Gasteiger partial charge on any atom is 0.221 e. The monoisotopic (exact) mass is 458 g/mol. The third-order valence-electron chi connectivity index (χ3n) is 5.24. The fraction of sp³-hybridized carbons (Fsp3) is 0.160. The maximum atomic E-state index is 12.5. The number of aliphatic imine (C=N–C) groups is 1. The molecule has 7 heteroatoms. The standard InChI is InChI=1S/C25H22N4OS2/c30-23-21(16-17-8-2-1-3-9-17)29-25(32-23)27-19-11-5-4-10-18(19)14-15-26-24-28-20-12-6-7-13-22(20)31-24/h1-13,21H,14-16H2,(H,26,28)(H,27,29)/t21-/m0/s1. The van der Waals surface area contributed by atoms with Gasteiger partial charge in [0.05, 0.1) is 10.2 Å². The second kappa shape index (κ2) is 9.54. The summed E-state index contributed by atoms with van der Waals surface area (Å²) in [4.78, 5) is 21.7. The first-order chi connectivity index (χ1) is 15.7. The molecule has 160 valence electrons. The van der Waals surface area contributed by atoms with E-state index in [4.69, 9.17) is 0 Å². The Morgan fingerprint density at radius 2 is 1.69 bits per heavy atom. The van der Waals surface area contributed by atoms with E-state index < -0.39 is 0 Å². The van der Waals surface area contributed by atoms with E-state index in [0.717, 1.165) is 34.9 Å². The Morgan fingerprint density at radius 3 is 2.56 bits per heavy atom. The topological polar surface area (TPSA) is 66.4 Å². The highest BCUT2D eigenvalue weighted by Gasteiger charge is 2.28. The van der Waals surface area contributed by atoms with Crippen molar-refractivity contribution in [1.82, 2.24) is 4.98 Å². The summed E-state index contributed by atoms with van der Waals surface area (Å²) < 4.78 is 1.18. The minimum atomic E-state index is -0.335. The van der Waals surface area contributed by atoms with Gasteiger partial charge in [-0.3, -0.25) is 4.79 Å². The lowest BCUT2D eigenvalue weighted by molar-refractivity contribution is -0.111. The van der Waals surface area contributed by atoms with Crippen molar-refractivity contribution in [2.24, 2.45) is 4.99 Å². The van der Waals surface area contributed by atoms with Crippen LogP contribution in [0.5, 0.6) is 0 Å². The molecule has 0 saturated carbocycles. The first kappa shape index (κ1) is 20.7. The van der Waals surface area contributed by atoms with Crippen LogP contribution in [-0.2, 0) is 17.6 Å². The quantitative estimate of drug-likeness (QED) is 0.377. The molecule has 0 amide bonds. The van der Waals surface area contributed by atoms with E-state index in [1.165, 1.54) is 22.0 Å². The molecule has 0 bridgehead atoms. The van der Waals surface area contributed by atoms with Gasteiger partial charge in [-0.05, 0) is 47.5 Å². The number of nitrogens with one attached hydrogen (secondary N) is 2. The number of aromatic nitrogens is 1. The second-order valence-corrected chi connectivity index (χ2v) is 9.53. The van der Waals surface area contributed by atoms with Crippen LogP contribution in [0.2, 0.25) is 0 Å². The molecule has 0 aliphatic carbocycles. The molecule has 0 spiro atoms. The highest BCUT2D eigenvalue weighted by Crippen LogP contribution is 2.27. The van der Waals surface area contributed by atoms with E-state index in [1.54, 1.807) is 11.3 Å². The smallest absolute Gasteiger partial charge is 0.221 e. The molecular formula is C25H22N4OS2. The Bertz CT molecular complexity index is 1240. The molecule has 4 aromatic rings. The van der Waals surface area contributed by atoms with Crippen molar-refractivity contribution in [3.8, 4) is 0 Å². The fourth-order valence-electron chi connectivity index (χ4n) is 3.64. The molecule has 32 heavy (non-hydrogen) atoms. The van der Waals surface area contributed by atoms with Gasteiger partial charge < -0.3 is 10.6 Å². The normalized spacial score (nSPS) is 15.7. The summed E-state index contributed by atoms with van der Waals surface area (Å²) in [6, 6.07) is 26.0. The number of anilines is 2. The number of para-hydroxylation sites is 2. The molecule has 1 aliphatic rings. The fourth-order valence-corrected chi connectivity index (χ4v) is 5.33. The Hall–Kier alpha value is -3.16. The van der Waals surface area contributed by atoms with Crippen LogP contribution in [0.1, 0.15) is 11.1 Å². The number of hydrogen-bond donors (Lipinski definition) is 2. The number of benzene rings is 3. The van der Waals surface area contributed by atoms with Gasteiger partial charge in [-0.25, -0.2) is 9.98 Å². The summed E-state index contributed by atoms with van der Waals surface area (Å²) in [6.45, 7) is 0.772. The minimum absolute atomic E-state index is 0.0892. The second-order valence-electron chi connectivity index (χ2n) is 7.51. The van der Waals surface area contributed by atoms with Gasteiger partial charge in [0.1, 0.15) is 6.04 Å². The predicted molar refractivity (Wildman–Crippen MR) is 136 cm³/mol. The van der Waals surface area contributed by atoms with E-state index in [1.807, 2.05) is 66.7 Å². The zero-order valence-electron chi connectivity index (χ0n) is 17.3. The Balaban J connectivity index is 1.22. The van der Waals surface area contributed by atoms with Gasteiger partial charge in [0.2, 0.25) is 5.12 Å². The van der Waals surface area contributed by atoms with Crippen molar-refractivity contribution < 1.29 is 4.79 Å². The number of hydrogen-bond acceptors (Lipinski definition) is 7. The molecule has 0 fully saturated rings. The number of nitrogens with zero attached hydrogens (tertiary/aromatic N) is 2. The minimum Gasteiger partial charge on any atom is -0.361 e. The zero-order chi connectivity index (χ0) is 21.8. The van der Waals surface area contributed by atoms with Crippen LogP contribution in [0.4, 0.5) is 10.8 Å². The molecule has 0 unspecified atom stereocenters. The number of rotatable bonds is 7. The summed E-state index contributed by atoms with van der Waals surface area (Å²) in [5.41, 5.74) is 4.30.